The SMILES string of the molecule is CCOCc1ccc(Nc2nc(Cl)c(C(=O)OC)s2)cc1. The Balaban J connectivity index is 2.06. The lowest BCUT2D eigenvalue weighted by molar-refractivity contribution is 0.0606. The van der Waals surface area contributed by atoms with Gasteiger partial charge in [0.25, 0.3) is 0 Å². The summed E-state index contributed by atoms with van der Waals surface area (Å²) in [5.41, 5.74) is 1.95. The van der Waals surface area contributed by atoms with Crippen molar-refractivity contribution in [1.29, 1.82) is 0 Å². The fourth-order valence-electron chi connectivity index (χ4n) is 1.60. The number of ether oxygens (including phenoxy) is 2. The Kier molecular flexibility index (Phi) is 5.55. The normalized spacial score (nSPS) is 10.4. The Morgan fingerprint density at radius 3 is 2.71 bits per heavy atom. The molecule has 2 rings (SSSR count). The number of rotatable bonds is 6. The Labute approximate surface area is 131 Å². The van der Waals surface area contributed by atoms with Crippen LogP contribution >= 0.6 is 22.9 Å². The highest BCUT2D eigenvalue weighted by Crippen LogP contribution is 2.29. The number of anilines is 2. The molecule has 0 fully saturated rings. The first kappa shape index (κ1) is 15.8. The molecular formula is C14H15ClN2O3S. The summed E-state index contributed by atoms with van der Waals surface area (Å²) < 4.78 is 9.98. The van der Waals surface area contributed by atoms with Crippen LogP contribution in [0, 0.1) is 0 Å². The predicted octanol–water partition coefficient (Wildman–Crippen LogP) is 3.86. The second-order valence-corrected chi connectivity index (χ2v) is 5.45. The van der Waals surface area contributed by atoms with Crippen molar-refractivity contribution in [3.8, 4) is 0 Å². The number of halogens is 1. The quantitative estimate of drug-likeness (QED) is 0.817. The molecule has 7 heteroatoms. The van der Waals surface area contributed by atoms with Gasteiger partial charge in [0, 0.05) is 12.3 Å². The van der Waals surface area contributed by atoms with Crippen LogP contribution in [0.3, 0.4) is 0 Å². The maximum Gasteiger partial charge on any atom is 0.351 e. The van der Waals surface area contributed by atoms with Gasteiger partial charge in [-0.05, 0) is 24.6 Å². The van der Waals surface area contributed by atoms with Crippen molar-refractivity contribution in [3.63, 3.8) is 0 Å². The Bertz CT molecular complexity index is 613. The van der Waals surface area contributed by atoms with Gasteiger partial charge in [0.1, 0.15) is 0 Å². The largest absolute Gasteiger partial charge is 0.465 e. The molecule has 0 aliphatic heterocycles. The first-order valence-corrected chi connectivity index (χ1v) is 7.51. The van der Waals surface area contributed by atoms with Crippen LogP contribution < -0.4 is 5.32 Å². The molecule has 112 valence electrons. The van der Waals surface area contributed by atoms with Crippen LogP contribution in [0.4, 0.5) is 10.8 Å². The van der Waals surface area contributed by atoms with Gasteiger partial charge in [-0.15, -0.1) is 0 Å². The van der Waals surface area contributed by atoms with E-state index >= 15 is 0 Å². The van der Waals surface area contributed by atoms with Crippen molar-refractivity contribution >= 4 is 39.7 Å². The van der Waals surface area contributed by atoms with Gasteiger partial charge in [-0.3, -0.25) is 0 Å². The summed E-state index contributed by atoms with van der Waals surface area (Å²) in [5.74, 6) is -0.488. The monoisotopic (exact) mass is 326 g/mol. The summed E-state index contributed by atoms with van der Waals surface area (Å²) in [5, 5.41) is 3.78. The summed E-state index contributed by atoms with van der Waals surface area (Å²) >= 11 is 7.06. The number of thiazole rings is 1. The molecule has 1 aromatic carbocycles. The third-order valence-electron chi connectivity index (χ3n) is 2.63. The molecule has 0 aliphatic carbocycles. The number of carbonyl (C=O) groups is 1. The number of aromatic nitrogens is 1. The molecule has 1 aromatic heterocycles. The number of benzene rings is 1. The Hall–Kier alpha value is -1.63. The molecule has 0 radical (unpaired) electrons. The number of esters is 1. The standard InChI is InChI=1S/C14H15ClN2O3S/c1-3-20-8-9-4-6-10(7-5-9)16-14-17-12(15)11(21-14)13(18)19-2/h4-7H,3,8H2,1-2H3,(H,16,17). The maximum absolute atomic E-state index is 11.5. The molecule has 0 atom stereocenters. The van der Waals surface area contributed by atoms with E-state index in [9.17, 15) is 4.79 Å². The van der Waals surface area contributed by atoms with Gasteiger partial charge >= 0.3 is 5.97 Å². The van der Waals surface area contributed by atoms with Gasteiger partial charge in [0.05, 0.1) is 13.7 Å². The average molecular weight is 327 g/mol. The molecule has 0 saturated carbocycles. The Morgan fingerprint density at radius 2 is 2.10 bits per heavy atom. The van der Waals surface area contributed by atoms with Crippen LogP contribution in [-0.2, 0) is 16.1 Å². The highest BCUT2D eigenvalue weighted by atomic mass is 35.5. The molecule has 0 unspecified atom stereocenters. The molecule has 2 aromatic rings. The number of methoxy groups -OCH3 is 1. The molecule has 0 saturated heterocycles. The molecule has 0 aliphatic rings. The van der Waals surface area contributed by atoms with Crippen molar-refractivity contribution in [2.24, 2.45) is 0 Å². The van der Waals surface area contributed by atoms with Gasteiger partial charge in [-0.2, -0.15) is 0 Å². The highest BCUT2D eigenvalue weighted by molar-refractivity contribution is 7.18. The predicted molar refractivity (Wildman–Crippen MR) is 83.5 cm³/mol. The molecule has 1 N–H and O–H groups in total. The first-order valence-electron chi connectivity index (χ1n) is 6.32. The van der Waals surface area contributed by atoms with Crippen molar-refractivity contribution in [3.05, 3.63) is 39.9 Å². The third kappa shape index (κ3) is 4.17. The number of nitrogens with zero attached hydrogens (tertiary/aromatic N) is 1. The van der Waals surface area contributed by atoms with E-state index < -0.39 is 5.97 Å². The van der Waals surface area contributed by atoms with Crippen molar-refractivity contribution < 1.29 is 14.3 Å². The smallest absolute Gasteiger partial charge is 0.351 e. The van der Waals surface area contributed by atoms with Gasteiger partial charge in [0.15, 0.2) is 15.2 Å². The number of hydrogen-bond acceptors (Lipinski definition) is 6. The summed E-state index contributed by atoms with van der Waals surface area (Å²) in [6.45, 7) is 3.24. The minimum atomic E-state index is -0.488. The molecule has 0 bridgehead atoms. The van der Waals surface area contributed by atoms with Crippen molar-refractivity contribution in [2.45, 2.75) is 13.5 Å². The molecule has 0 amide bonds. The molecule has 5 nitrogen and oxygen atoms in total. The summed E-state index contributed by atoms with van der Waals surface area (Å²) in [7, 11) is 1.31. The van der Waals surface area contributed by atoms with Gasteiger partial charge in [-0.1, -0.05) is 35.1 Å². The van der Waals surface area contributed by atoms with E-state index in [2.05, 4.69) is 15.0 Å². The van der Waals surface area contributed by atoms with Crippen LogP contribution in [0.15, 0.2) is 24.3 Å². The van der Waals surface area contributed by atoms with Crippen LogP contribution in [-0.4, -0.2) is 24.7 Å². The van der Waals surface area contributed by atoms with E-state index in [4.69, 9.17) is 16.3 Å². The second-order valence-electron chi connectivity index (χ2n) is 4.09. The molecular weight excluding hydrogens is 312 g/mol. The fourth-order valence-corrected chi connectivity index (χ4v) is 2.72. The van der Waals surface area contributed by atoms with E-state index in [0.29, 0.717) is 18.3 Å². The topological polar surface area (TPSA) is 60.5 Å². The summed E-state index contributed by atoms with van der Waals surface area (Å²) in [6.07, 6.45) is 0. The number of carbonyl (C=O) groups excluding carboxylic acids is 1. The van der Waals surface area contributed by atoms with E-state index in [0.717, 1.165) is 22.6 Å². The van der Waals surface area contributed by atoms with E-state index in [1.165, 1.54) is 7.11 Å². The van der Waals surface area contributed by atoms with Gasteiger partial charge in [-0.25, -0.2) is 9.78 Å². The molecule has 21 heavy (non-hydrogen) atoms. The average Bonchev–Trinajstić information content (AvgIpc) is 2.86. The summed E-state index contributed by atoms with van der Waals surface area (Å²) in [4.78, 5) is 15.8. The zero-order valence-electron chi connectivity index (χ0n) is 11.7. The van der Waals surface area contributed by atoms with Crippen LogP contribution in [0.1, 0.15) is 22.2 Å². The molecule has 1 heterocycles. The van der Waals surface area contributed by atoms with E-state index in [1.807, 2.05) is 31.2 Å². The zero-order valence-corrected chi connectivity index (χ0v) is 13.3. The van der Waals surface area contributed by atoms with E-state index in [1.54, 1.807) is 0 Å². The highest BCUT2D eigenvalue weighted by Gasteiger charge is 2.17. The number of hydrogen-bond donors (Lipinski definition) is 1. The Morgan fingerprint density at radius 1 is 1.38 bits per heavy atom. The van der Waals surface area contributed by atoms with Crippen LogP contribution in [0.2, 0.25) is 5.15 Å². The van der Waals surface area contributed by atoms with E-state index in [-0.39, 0.29) is 10.0 Å². The van der Waals surface area contributed by atoms with Gasteiger partial charge in [0.2, 0.25) is 0 Å². The zero-order chi connectivity index (χ0) is 15.2. The first-order chi connectivity index (χ1) is 10.1. The third-order valence-corrected chi connectivity index (χ3v) is 3.97. The lowest BCUT2D eigenvalue weighted by atomic mass is 10.2. The summed E-state index contributed by atoms with van der Waals surface area (Å²) in [6, 6.07) is 7.77. The maximum atomic E-state index is 11.5. The van der Waals surface area contributed by atoms with Crippen molar-refractivity contribution in [2.75, 3.05) is 19.0 Å². The van der Waals surface area contributed by atoms with Crippen LogP contribution in [0.5, 0.6) is 0 Å². The minimum Gasteiger partial charge on any atom is -0.465 e. The lowest BCUT2D eigenvalue weighted by Gasteiger charge is -2.05. The second kappa shape index (κ2) is 7.40. The van der Waals surface area contributed by atoms with Crippen LogP contribution in [0.25, 0.3) is 0 Å². The minimum absolute atomic E-state index is 0.141. The number of nitrogens with one attached hydrogen (secondary N) is 1. The lowest BCUT2D eigenvalue weighted by Crippen LogP contribution is -1.98. The fraction of sp³-hybridized carbons (Fsp3) is 0.286. The molecule has 0 spiro atoms. The van der Waals surface area contributed by atoms with Gasteiger partial charge < -0.3 is 14.8 Å². The van der Waals surface area contributed by atoms with Crippen molar-refractivity contribution in [1.82, 2.24) is 4.98 Å².